The third kappa shape index (κ3) is 9.91. The fourth-order valence-corrected chi connectivity index (χ4v) is 8.05. The maximum atomic E-state index is 14.2. The van der Waals surface area contributed by atoms with Crippen LogP contribution in [0.4, 0.5) is 0 Å². The fraction of sp³-hybridized carbons (Fsp3) is 0.667. The molecule has 51 heavy (non-hydrogen) atoms. The highest BCUT2D eigenvalue weighted by molar-refractivity contribution is 5.94. The number of carbonyl (C=O) groups is 4. The SMILES string of the molecule is C=C/C=C\C(=C)C[C@@H](C(=O)N[C@H](C(=O)N(C)C(C)C(=O)N(C)[C@@H](CC(C)C)C(=O)N(C)[C@H](C)CC1C2=C3CCC(=C1CC2)C3)C(C)CC)N(C)C. The first-order valence-electron chi connectivity index (χ1n) is 19.1. The highest BCUT2D eigenvalue weighted by atomic mass is 16.2. The first kappa shape index (κ1) is 42.0. The lowest BCUT2D eigenvalue weighted by molar-refractivity contribution is -0.151. The van der Waals surface area contributed by atoms with Gasteiger partial charge in [-0.3, -0.25) is 24.1 Å². The minimum atomic E-state index is -0.847. The zero-order chi connectivity index (χ0) is 38.3. The van der Waals surface area contributed by atoms with E-state index in [4.69, 9.17) is 0 Å². The molecule has 9 nitrogen and oxygen atoms in total. The van der Waals surface area contributed by atoms with E-state index in [1.807, 2.05) is 50.9 Å². The van der Waals surface area contributed by atoms with Crippen LogP contribution in [-0.4, -0.2) is 109 Å². The number of hydrogen-bond donors (Lipinski definition) is 1. The predicted molar refractivity (Wildman–Crippen MR) is 208 cm³/mol. The molecule has 284 valence electrons. The highest BCUT2D eigenvalue weighted by Gasteiger charge is 2.41. The van der Waals surface area contributed by atoms with Gasteiger partial charge >= 0.3 is 0 Å². The summed E-state index contributed by atoms with van der Waals surface area (Å²) in [6, 6.07) is -2.86. The van der Waals surface area contributed by atoms with Crippen molar-refractivity contribution in [1.29, 1.82) is 0 Å². The first-order valence-corrected chi connectivity index (χ1v) is 19.1. The van der Waals surface area contributed by atoms with Gasteiger partial charge in [-0.05, 0) is 91.1 Å². The smallest absolute Gasteiger partial charge is 0.245 e. The molecule has 0 aromatic carbocycles. The number of likely N-dealkylation sites (N-methyl/N-ethyl adjacent to an activating group) is 4. The zero-order valence-electron chi connectivity index (χ0n) is 33.6. The number of hydrogen-bond acceptors (Lipinski definition) is 5. The van der Waals surface area contributed by atoms with Crippen LogP contribution < -0.4 is 5.32 Å². The number of carbonyl (C=O) groups excluding carboxylic acids is 4. The molecule has 4 bridgehead atoms. The molecule has 2 unspecified atom stereocenters. The molecule has 3 aliphatic rings. The topological polar surface area (TPSA) is 93.3 Å². The summed E-state index contributed by atoms with van der Waals surface area (Å²) in [6.45, 7) is 19.6. The minimum absolute atomic E-state index is 0.0187. The average molecular weight is 706 g/mol. The standard InChI is InChI=1S/C42H67N5O4/c1-14-16-17-27(5)23-36(44(9)10)39(48)43-38(28(6)15-2)42(51)46(12)30(8)40(49)47(13)37(22-26(3)4)41(50)45(11)29(7)24-35-33-20-21-34(35)32-19-18-31(33)25-32/h14,16-17,26,28-30,35-38H,1,5,15,18-25H2,2-4,6-13H3,(H,43,48)/b17-16-/t28?,29-,30?,36+,37+,38+/m1/s1. The molecule has 0 saturated heterocycles. The molecule has 9 heteroatoms. The Kier molecular flexibility index (Phi) is 15.1. The summed E-state index contributed by atoms with van der Waals surface area (Å²) >= 11 is 0. The average Bonchev–Trinajstić information content (AvgIpc) is 3.66. The van der Waals surface area contributed by atoms with Crippen molar-refractivity contribution in [2.45, 2.75) is 130 Å². The van der Waals surface area contributed by atoms with Crippen LogP contribution in [0.5, 0.6) is 0 Å². The quantitative estimate of drug-likeness (QED) is 0.126. The molecule has 0 aromatic heterocycles. The van der Waals surface area contributed by atoms with E-state index in [0.29, 0.717) is 25.2 Å². The monoisotopic (exact) mass is 706 g/mol. The van der Waals surface area contributed by atoms with E-state index < -0.39 is 24.2 Å². The van der Waals surface area contributed by atoms with Gasteiger partial charge in [0.05, 0.1) is 6.04 Å². The lowest BCUT2D eigenvalue weighted by atomic mass is 9.83. The molecule has 0 radical (unpaired) electrons. The Morgan fingerprint density at radius 2 is 1.41 bits per heavy atom. The van der Waals surface area contributed by atoms with Gasteiger partial charge in [0.1, 0.15) is 18.1 Å². The van der Waals surface area contributed by atoms with Crippen LogP contribution in [0.3, 0.4) is 0 Å². The third-order valence-corrected chi connectivity index (χ3v) is 11.9. The Bertz CT molecular complexity index is 1400. The third-order valence-electron chi connectivity index (χ3n) is 11.9. The van der Waals surface area contributed by atoms with E-state index in [-0.39, 0.29) is 41.5 Å². The molecule has 3 aliphatic carbocycles. The van der Waals surface area contributed by atoms with Gasteiger partial charge in [0.15, 0.2) is 0 Å². The zero-order valence-corrected chi connectivity index (χ0v) is 33.6. The summed E-state index contributed by atoms with van der Waals surface area (Å²) in [4.78, 5) is 62.7. The molecule has 0 aliphatic heterocycles. The Morgan fingerprint density at radius 1 is 0.824 bits per heavy atom. The molecular weight excluding hydrogens is 638 g/mol. The molecule has 2 saturated carbocycles. The highest BCUT2D eigenvalue weighted by Crippen LogP contribution is 2.53. The van der Waals surface area contributed by atoms with Crippen LogP contribution in [0, 0.1) is 17.8 Å². The molecular formula is C42H67N5O4. The first-order chi connectivity index (χ1) is 23.9. The Labute approximate surface area is 308 Å². The van der Waals surface area contributed by atoms with E-state index >= 15 is 0 Å². The van der Waals surface area contributed by atoms with Gasteiger partial charge in [-0.2, -0.15) is 0 Å². The summed E-state index contributed by atoms with van der Waals surface area (Å²) in [6.07, 6.45) is 13.6. The maximum absolute atomic E-state index is 14.2. The van der Waals surface area contributed by atoms with Gasteiger partial charge in [0.25, 0.3) is 0 Å². The van der Waals surface area contributed by atoms with Crippen molar-refractivity contribution in [3.05, 3.63) is 59.3 Å². The van der Waals surface area contributed by atoms with Crippen molar-refractivity contribution in [2.75, 3.05) is 35.2 Å². The molecule has 3 rings (SSSR count). The fourth-order valence-electron chi connectivity index (χ4n) is 8.05. The van der Waals surface area contributed by atoms with Gasteiger partial charge in [-0.25, -0.2) is 0 Å². The largest absolute Gasteiger partial charge is 0.343 e. The second-order valence-electron chi connectivity index (χ2n) is 16.0. The number of rotatable bonds is 19. The Morgan fingerprint density at radius 3 is 1.92 bits per heavy atom. The van der Waals surface area contributed by atoms with Crippen LogP contribution in [0.15, 0.2) is 59.3 Å². The number of nitrogens with one attached hydrogen (secondary N) is 1. The number of amides is 4. The Balaban J connectivity index is 1.74. The molecule has 6 atom stereocenters. The second-order valence-corrected chi connectivity index (χ2v) is 16.0. The Hall–Kier alpha value is -3.46. The van der Waals surface area contributed by atoms with Crippen LogP contribution >= 0.6 is 0 Å². The summed E-state index contributed by atoms with van der Waals surface area (Å²) in [7, 11) is 8.81. The maximum Gasteiger partial charge on any atom is 0.245 e. The van der Waals surface area contributed by atoms with Gasteiger partial charge in [-0.15, -0.1) is 0 Å². The summed E-state index contributed by atoms with van der Waals surface area (Å²) in [5, 5.41) is 3.01. The van der Waals surface area contributed by atoms with Gasteiger partial charge in [0, 0.05) is 33.1 Å². The van der Waals surface area contributed by atoms with E-state index in [1.165, 1.54) is 37.0 Å². The van der Waals surface area contributed by atoms with Gasteiger partial charge in [-0.1, -0.05) is 93.4 Å². The van der Waals surface area contributed by atoms with E-state index in [1.54, 1.807) is 60.4 Å². The normalized spacial score (nSPS) is 19.2. The molecule has 2 fully saturated rings. The van der Waals surface area contributed by atoms with Crippen molar-refractivity contribution in [3.8, 4) is 0 Å². The lowest BCUT2D eigenvalue weighted by Crippen LogP contribution is -2.59. The second kappa shape index (κ2) is 18.3. The van der Waals surface area contributed by atoms with Crippen LogP contribution in [-0.2, 0) is 19.2 Å². The van der Waals surface area contributed by atoms with Crippen LogP contribution in [0.25, 0.3) is 0 Å². The van der Waals surface area contributed by atoms with Gasteiger partial charge in [0.2, 0.25) is 23.6 Å². The van der Waals surface area contributed by atoms with Crippen molar-refractivity contribution >= 4 is 23.6 Å². The molecule has 1 N–H and O–H groups in total. The van der Waals surface area contributed by atoms with Gasteiger partial charge < -0.3 is 20.0 Å². The van der Waals surface area contributed by atoms with Crippen molar-refractivity contribution in [2.24, 2.45) is 17.8 Å². The summed E-state index contributed by atoms with van der Waals surface area (Å²) in [5.41, 5.74) is 7.30. The number of allylic oxidation sites excluding steroid dienone is 7. The van der Waals surface area contributed by atoms with Crippen molar-refractivity contribution < 1.29 is 19.2 Å². The van der Waals surface area contributed by atoms with E-state index in [2.05, 4.69) is 39.2 Å². The minimum Gasteiger partial charge on any atom is -0.343 e. The summed E-state index contributed by atoms with van der Waals surface area (Å²) < 4.78 is 0. The van der Waals surface area contributed by atoms with Crippen molar-refractivity contribution in [1.82, 2.24) is 24.9 Å². The lowest BCUT2D eigenvalue weighted by Gasteiger charge is -2.38. The van der Waals surface area contributed by atoms with Crippen LogP contribution in [0.1, 0.15) is 99.3 Å². The van der Waals surface area contributed by atoms with Crippen molar-refractivity contribution in [3.63, 3.8) is 0 Å². The molecule has 0 heterocycles. The molecule has 4 amide bonds. The van der Waals surface area contributed by atoms with Crippen LogP contribution in [0.2, 0.25) is 0 Å². The number of fused-ring (bicyclic) bond motifs is 4. The molecule has 0 aromatic rings. The van der Waals surface area contributed by atoms with E-state index in [0.717, 1.165) is 12.0 Å². The molecule has 0 spiro atoms. The summed E-state index contributed by atoms with van der Waals surface area (Å²) in [5.74, 6) is -0.541. The number of nitrogens with zero attached hydrogens (tertiary/aromatic N) is 4. The predicted octanol–water partition coefficient (Wildman–Crippen LogP) is 6.29. The van der Waals surface area contributed by atoms with E-state index in [9.17, 15) is 19.2 Å².